The lowest BCUT2D eigenvalue weighted by Crippen LogP contribution is -2.13. The lowest BCUT2D eigenvalue weighted by atomic mass is 9.79. The maximum atomic E-state index is 13.1. The van der Waals surface area contributed by atoms with Crippen LogP contribution in [0.3, 0.4) is 0 Å². The normalized spacial score (nSPS) is 17.2. The number of hydrogen-bond acceptors (Lipinski definition) is 0. The van der Waals surface area contributed by atoms with Gasteiger partial charge >= 0.3 is 0 Å². The summed E-state index contributed by atoms with van der Waals surface area (Å²) >= 11 is 0. The Hall–Kier alpha value is -0.990. The average Bonchev–Trinajstić information content (AvgIpc) is 1.92. The molecular weight excluding hydrogens is 177 g/mol. The van der Waals surface area contributed by atoms with Crippen molar-refractivity contribution >= 4 is 0 Å². The first kappa shape index (κ1) is 8.60. The van der Waals surface area contributed by atoms with E-state index in [0.29, 0.717) is 0 Å². The molecule has 0 spiro atoms. The van der Waals surface area contributed by atoms with Crippen LogP contribution in [-0.4, -0.2) is 0 Å². The molecule has 3 heteroatoms. The van der Waals surface area contributed by atoms with Gasteiger partial charge in [0.2, 0.25) is 0 Å². The molecule has 70 valence electrons. The number of rotatable bonds is 1. The first-order valence-electron chi connectivity index (χ1n) is 4.33. The minimum atomic E-state index is -0.849. The van der Waals surface area contributed by atoms with E-state index in [9.17, 15) is 13.2 Å². The third kappa shape index (κ3) is 1.43. The van der Waals surface area contributed by atoms with Gasteiger partial charge in [0.25, 0.3) is 0 Å². The highest BCUT2D eigenvalue weighted by Crippen LogP contribution is 2.38. The molecule has 0 aromatic heterocycles. The fourth-order valence-electron chi connectivity index (χ4n) is 1.64. The molecule has 2 rings (SSSR count). The molecule has 0 N–H and O–H groups in total. The third-order valence-corrected chi connectivity index (χ3v) is 2.56. The largest absolute Gasteiger partial charge is 0.207 e. The van der Waals surface area contributed by atoms with Crippen molar-refractivity contribution in [3.63, 3.8) is 0 Å². The summed E-state index contributed by atoms with van der Waals surface area (Å²) in [5.74, 6) is -2.39. The van der Waals surface area contributed by atoms with Crippen LogP contribution in [0, 0.1) is 17.5 Å². The van der Waals surface area contributed by atoms with Gasteiger partial charge < -0.3 is 0 Å². The quantitative estimate of drug-likeness (QED) is 0.630. The third-order valence-electron chi connectivity index (χ3n) is 2.56. The molecule has 0 radical (unpaired) electrons. The van der Waals surface area contributed by atoms with Gasteiger partial charge in [0.05, 0.1) is 0 Å². The molecule has 0 atom stereocenters. The number of halogens is 3. The predicted octanol–water partition coefficient (Wildman–Crippen LogP) is 3.37. The number of hydrogen-bond donors (Lipinski definition) is 0. The minimum Gasteiger partial charge on any atom is -0.207 e. The van der Waals surface area contributed by atoms with Crippen LogP contribution in [0.15, 0.2) is 12.1 Å². The zero-order valence-corrected chi connectivity index (χ0v) is 6.99. The molecule has 1 fully saturated rings. The van der Waals surface area contributed by atoms with Crippen molar-refractivity contribution in [2.24, 2.45) is 0 Å². The molecule has 1 aliphatic rings. The highest BCUT2D eigenvalue weighted by Gasteiger charge is 2.26. The Morgan fingerprint density at radius 2 is 1.54 bits per heavy atom. The Balaban J connectivity index is 2.43. The van der Waals surface area contributed by atoms with Gasteiger partial charge in [-0.05, 0) is 18.8 Å². The fraction of sp³-hybridized carbons (Fsp3) is 0.400. The van der Waals surface area contributed by atoms with E-state index in [-0.39, 0.29) is 11.5 Å². The van der Waals surface area contributed by atoms with E-state index in [2.05, 4.69) is 0 Å². The zero-order valence-electron chi connectivity index (χ0n) is 6.99. The van der Waals surface area contributed by atoms with Gasteiger partial charge in [-0.15, -0.1) is 0 Å². The molecule has 0 aliphatic heterocycles. The summed E-state index contributed by atoms with van der Waals surface area (Å²) in [7, 11) is 0. The van der Waals surface area contributed by atoms with E-state index in [1.54, 1.807) is 0 Å². The summed E-state index contributed by atoms with van der Waals surface area (Å²) in [5, 5.41) is 0. The van der Waals surface area contributed by atoms with Crippen LogP contribution in [0.5, 0.6) is 0 Å². The highest BCUT2D eigenvalue weighted by molar-refractivity contribution is 5.26. The SMILES string of the molecule is Fc1cc(F)c(C2CCC2)c(F)c1. The predicted molar refractivity (Wildman–Crippen MR) is 42.9 cm³/mol. The van der Waals surface area contributed by atoms with Crippen molar-refractivity contribution in [3.05, 3.63) is 35.1 Å². The van der Waals surface area contributed by atoms with Gasteiger partial charge in [0.15, 0.2) is 0 Å². The van der Waals surface area contributed by atoms with E-state index in [1.807, 2.05) is 0 Å². The van der Waals surface area contributed by atoms with Gasteiger partial charge in [-0.2, -0.15) is 0 Å². The van der Waals surface area contributed by atoms with Crippen LogP contribution in [-0.2, 0) is 0 Å². The maximum absolute atomic E-state index is 13.1. The first-order valence-corrected chi connectivity index (χ1v) is 4.33. The molecule has 0 unspecified atom stereocenters. The van der Waals surface area contributed by atoms with E-state index < -0.39 is 17.5 Å². The zero-order chi connectivity index (χ0) is 9.42. The summed E-state index contributed by atoms with van der Waals surface area (Å²) in [6.07, 6.45) is 2.61. The summed E-state index contributed by atoms with van der Waals surface area (Å²) < 4.78 is 38.7. The lowest BCUT2D eigenvalue weighted by molar-refractivity contribution is 0.384. The second kappa shape index (κ2) is 3.05. The van der Waals surface area contributed by atoms with Crippen LogP contribution < -0.4 is 0 Å². The van der Waals surface area contributed by atoms with E-state index in [0.717, 1.165) is 31.4 Å². The molecular formula is C10H9F3. The summed E-state index contributed by atoms with van der Waals surface area (Å²) in [4.78, 5) is 0. The Morgan fingerprint density at radius 1 is 1.00 bits per heavy atom. The van der Waals surface area contributed by atoms with Crippen molar-refractivity contribution < 1.29 is 13.2 Å². The Morgan fingerprint density at radius 3 is 1.92 bits per heavy atom. The molecule has 0 amide bonds. The van der Waals surface area contributed by atoms with Crippen molar-refractivity contribution in [2.45, 2.75) is 25.2 Å². The van der Waals surface area contributed by atoms with Gasteiger partial charge in [-0.25, -0.2) is 13.2 Å². The van der Waals surface area contributed by atoms with Crippen molar-refractivity contribution in [1.82, 2.24) is 0 Å². The molecule has 1 saturated carbocycles. The van der Waals surface area contributed by atoms with Crippen molar-refractivity contribution in [2.75, 3.05) is 0 Å². The van der Waals surface area contributed by atoms with Crippen LogP contribution in [0.25, 0.3) is 0 Å². The topological polar surface area (TPSA) is 0 Å². The lowest BCUT2D eigenvalue weighted by Gasteiger charge is -2.26. The van der Waals surface area contributed by atoms with Crippen LogP contribution in [0.1, 0.15) is 30.7 Å². The van der Waals surface area contributed by atoms with Gasteiger partial charge in [0, 0.05) is 17.7 Å². The van der Waals surface area contributed by atoms with Crippen molar-refractivity contribution in [1.29, 1.82) is 0 Å². The average molecular weight is 186 g/mol. The molecule has 0 heterocycles. The maximum Gasteiger partial charge on any atom is 0.132 e. The van der Waals surface area contributed by atoms with E-state index >= 15 is 0 Å². The minimum absolute atomic E-state index is 0.0411. The summed E-state index contributed by atoms with van der Waals surface area (Å²) in [5.41, 5.74) is 0.0626. The molecule has 1 aliphatic carbocycles. The van der Waals surface area contributed by atoms with Crippen LogP contribution in [0.2, 0.25) is 0 Å². The standard InChI is InChI=1S/C10H9F3/c11-7-4-8(12)10(9(13)5-7)6-2-1-3-6/h4-6H,1-3H2. The molecule has 0 saturated heterocycles. The van der Waals surface area contributed by atoms with Gasteiger partial charge in [0.1, 0.15) is 17.5 Å². The second-order valence-electron chi connectivity index (χ2n) is 3.41. The van der Waals surface area contributed by atoms with Gasteiger partial charge in [-0.3, -0.25) is 0 Å². The summed E-state index contributed by atoms with van der Waals surface area (Å²) in [6, 6.07) is 1.49. The number of benzene rings is 1. The Kier molecular flexibility index (Phi) is 2.02. The summed E-state index contributed by atoms with van der Waals surface area (Å²) in [6.45, 7) is 0. The van der Waals surface area contributed by atoms with E-state index in [4.69, 9.17) is 0 Å². The molecule has 13 heavy (non-hydrogen) atoms. The Labute approximate surface area is 74.4 Å². The van der Waals surface area contributed by atoms with E-state index in [1.165, 1.54) is 0 Å². The molecule has 1 aromatic carbocycles. The first-order chi connectivity index (χ1) is 6.18. The van der Waals surface area contributed by atoms with Crippen molar-refractivity contribution in [3.8, 4) is 0 Å². The fourth-order valence-corrected chi connectivity index (χ4v) is 1.64. The monoisotopic (exact) mass is 186 g/mol. The highest BCUT2D eigenvalue weighted by atomic mass is 19.1. The van der Waals surface area contributed by atoms with Gasteiger partial charge in [-0.1, -0.05) is 6.42 Å². The van der Waals surface area contributed by atoms with Crippen LogP contribution in [0.4, 0.5) is 13.2 Å². The second-order valence-corrected chi connectivity index (χ2v) is 3.41. The molecule has 1 aromatic rings. The molecule has 0 bridgehead atoms. The smallest absolute Gasteiger partial charge is 0.132 e. The Bertz CT molecular complexity index is 306. The molecule has 0 nitrogen and oxygen atoms in total. The van der Waals surface area contributed by atoms with Crippen LogP contribution >= 0.6 is 0 Å².